The van der Waals surface area contributed by atoms with Crippen molar-refractivity contribution in [1.29, 1.82) is 0 Å². The predicted molar refractivity (Wildman–Crippen MR) is 62.6 cm³/mol. The molecule has 1 aromatic carbocycles. The molecule has 14 heavy (non-hydrogen) atoms. The van der Waals surface area contributed by atoms with Crippen molar-refractivity contribution in [2.75, 3.05) is 5.73 Å². The maximum Gasteiger partial charge on any atom is 0.0824 e. The third kappa shape index (κ3) is 2.14. The number of nitrogens with two attached hydrogens (primary N) is 2. The molecule has 0 radical (unpaired) electrons. The van der Waals surface area contributed by atoms with Crippen molar-refractivity contribution in [3.63, 3.8) is 0 Å². The van der Waals surface area contributed by atoms with Crippen LogP contribution >= 0.6 is 23.2 Å². The van der Waals surface area contributed by atoms with Crippen molar-refractivity contribution in [2.45, 2.75) is 19.9 Å². The Bertz CT molecular complexity index is 337. The first-order chi connectivity index (χ1) is 6.45. The quantitative estimate of drug-likeness (QED) is 0.770. The first-order valence-corrected chi connectivity index (χ1v) is 5.19. The van der Waals surface area contributed by atoms with Gasteiger partial charge in [-0.2, -0.15) is 0 Å². The van der Waals surface area contributed by atoms with E-state index in [1.165, 1.54) is 0 Å². The van der Waals surface area contributed by atoms with Gasteiger partial charge in [0, 0.05) is 6.04 Å². The van der Waals surface area contributed by atoms with Crippen molar-refractivity contribution in [2.24, 2.45) is 11.7 Å². The van der Waals surface area contributed by atoms with Gasteiger partial charge >= 0.3 is 0 Å². The number of benzene rings is 1. The fraction of sp³-hybridized carbons (Fsp3) is 0.400. The number of hydrogen-bond acceptors (Lipinski definition) is 2. The Labute approximate surface area is 94.2 Å². The van der Waals surface area contributed by atoms with Crippen molar-refractivity contribution < 1.29 is 0 Å². The van der Waals surface area contributed by atoms with E-state index in [-0.39, 0.29) is 6.04 Å². The zero-order valence-electron chi connectivity index (χ0n) is 8.22. The molecular weight excluding hydrogens is 219 g/mol. The van der Waals surface area contributed by atoms with Gasteiger partial charge in [-0.05, 0) is 17.5 Å². The van der Waals surface area contributed by atoms with Gasteiger partial charge in [-0.3, -0.25) is 0 Å². The lowest BCUT2D eigenvalue weighted by Crippen LogP contribution is -2.17. The van der Waals surface area contributed by atoms with E-state index in [0.29, 0.717) is 21.7 Å². The fourth-order valence-electron chi connectivity index (χ4n) is 1.20. The van der Waals surface area contributed by atoms with E-state index in [9.17, 15) is 0 Å². The first kappa shape index (κ1) is 11.6. The lowest BCUT2D eigenvalue weighted by atomic mass is 9.97. The molecule has 2 nitrogen and oxygen atoms in total. The molecular formula is C10H14Cl2N2. The minimum absolute atomic E-state index is 0.111. The minimum atomic E-state index is -0.111. The van der Waals surface area contributed by atoms with Crippen LogP contribution in [-0.4, -0.2) is 0 Å². The van der Waals surface area contributed by atoms with Crippen molar-refractivity contribution in [3.05, 3.63) is 27.7 Å². The highest BCUT2D eigenvalue weighted by atomic mass is 35.5. The van der Waals surface area contributed by atoms with Gasteiger partial charge in [-0.15, -0.1) is 0 Å². The Hall–Kier alpha value is -0.440. The molecule has 0 heterocycles. The maximum absolute atomic E-state index is 6.05. The van der Waals surface area contributed by atoms with Gasteiger partial charge in [-0.25, -0.2) is 0 Å². The topological polar surface area (TPSA) is 52.0 Å². The monoisotopic (exact) mass is 232 g/mol. The molecule has 0 aliphatic carbocycles. The molecule has 0 bridgehead atoms. The van der Waals surface area contributed by atoms with E-state index in [1.807, 2.05) is 19.9 Å². The summed E-state index contributed by atoms with van der Waals surface area (Å²) in [5.41, 5.74) is 12.9. The number of halogens is 2. The summed E-state index contributed by atoms with van der Waals surface area (Å²) in [5.74, 6) is 0.312. The molecule has 4 N–H and O–H groups in total. The molecule has 0 amide bonds. The zero-order chi connectivity index (χ0) is 10.9. The summed E-state index contributed by atoms with van der Waals surface area (Å²) in [4.78, 5) is 0. The van der Waals surface area contributed by atoms with E-state index >= 15 is 0 Å². The van der Waals surface area contributed by atoms with Crippen LogP contribution in [0.25, 0.3) is 0 Å². The summed E-state index contributed by atoms with van der Waals surface area (Å²) < 4.78 is 0. The van der Waals surface area contributed by atoms with Gasteiger partial charge in [0.2, 0.25) is 0 Å². The molecule has 0 spiro atoms. The second-order valence-electron chi connectivity index (χ2n) is 3.64. The number of nitrogen functional groups attached to an aromatic ring is 1. The van der Waals surface area contributed by atoms with Crippen LogP contribution in [0.1, 0.15) is 25.5 Å². The third-order valence-corrected chi connectivity index (χ3v) is 3.13. The van der Waals surface area contributed by atoms with Gasteiger partial charge in [0.05, 0.1) is 15.7 Å². The SMILES string of the molecule is CC(C)[C@@H](N)c1ccc(N)c(Cl)c1Cl. The van der Waals surface area contributed by atoms with Crippen LogP contribution in [0.5, 0.6) is 0 Å². The van der Waals surface area contributed by atoms with Crippen molar-refractivity contribution in [1.82, 2.24) is 0 Å². The van der Waals surface area contributed by atoms with Gasteiger partial charge in [0.15, 0.2) is 0 Å². The van der Waals surface area contributed by atoms with Gasteiger partial charge in [-0.1, -0.05) is 43.1 Å². The lowest BCUT2D eigenvalue weighted by Gasteiger charge is -2.18. The second kappa shape index (κ2) is 4.39. The minimum Gasteiger partial charge on any atom is -0.397 e. The first-order valence-electron chi connectivity index (χ1n) is 4.44. The van der Waals surface area contributed by atoms with E-state index < -0.39 is 0 Å². The average Bonchev–Trinajstić information content (AvgIpc) is 2.13. The molecule has 1 aromatic rings. The summed E-state index contributed by atoms with van der Waals surface area (Å²) >= 11 is 12.0. The van der Waals surface area contributed by atoms with Gasteiger partial charge in [0.1, 0.15) is 0 Å². The van der Waals surface area contributed by atoms with Crippen LogP contribution in [0.2, 0.25) is 10.0 Å². The molecule has 0 unspecified atom stereocenters. The van der Waals surface area contributed by atoms with E-state index in [4.69, 9.17) is 34.7 Å². The van der Waals surface area contributed by atoms with Crippen LogP contribution in [-0.2, 0) is 0 Å². The summed E-state index contributed by atoms with van der Waals surface area (Å²) in [6, 6.07) is 3.44. The van der Waals surface area contributed by atoms with Crippen molar-refractivity contribution >= 4 is 28.9 Å². The van der Waals surface area contributed by atoms with Crippen LogP contribution in [0, 0.1) is 5.92 Å². The standard InChI is InChI=1S/C10H14Cl2N2/c1-5(2)10(14)6-3-4-7(13)9(12)8(6)11/h3-5,10H,13-14H2,1-2H3/t10-/m1/s1. The molecule has 4 heteroatoms. The Morgan fingerprint density at radius 2 is 1.71 bits per heavy atom. The maximum atomic E-state index is 6.05. The molecule has 0 saturated carbocycles. The van der Waals surface area contributed by atoms with Crippen LogP contribution < -0.4 is 11.5 Å². The number of rotatable bonds is 2. The predicted octanol–water partition coefficient (Wildman–Crippen LogP) is 3.23. The molecule has 0 saturated heterocycles. The summed E-state index contributed by atoms with van der Waals surface area (Å²) in [7, 11) is 0. The zero-order valence-corrected chi connectivity index (χ0v) is 9.73. The number of hydrogen-bond donors (Lipinski definition) is 2. The molecule has 0 aliphatic rings. The fourth-order valence-corrected chi connectivity index (χ4v) is 1.67. The lowest BCUT2D eigenvalue weighted by molar-refractivity contribution is 0.514. The smallest absolute Gasteiger partial charge is 0.0824 e. The van der Waals surface area contributed by atoms with Crippen LogP contribution in [0.15, 0.2) is 12.1 Å². The molecule has 78 valence electrons. The van der Waals surface area contributed by atoms with Crippen molar-refractivity contribution in [3.8, 4) is 0 Å². The number of anilines is 1. The second-order valence-corrected chi connectivity index (χ2v) is 4.40. The van der Waals surface area contributed by atoms with E-state index in [2.05, 4.69) is 0 Å². The van der Waals surface area contributed by atoms with Gasteiger partial charge in [0.25, 0.3) is 0 Å². The van der Waals surface area contributed by atoms with E-state index in [1.54, 1.807) is 6.07 Å². The summed E-state index contributed by atoms with van der Waals surface area (Å²) in [6.07, 6.45) is 0. The summed E-state index contributed by atoms with van der Waals surface area (Å²) in [6.45, 7) is 4.07. The highest BCUT2D eigenvalue weighted by Crippen LogP contribution is 2.35. The summed E-state index contributed by atoms with van der Waals surface area (Å²) in [5, 5.41) is 0.855. The van der Waals surface area contributed by atoms with Crippen LogP contribution in [0.4, 0.5) is 5.69 Å². The molecule has 1 atom stereocenters. The normalized spacial score (nSPS) is 13.3. The highest BCUT2D eigenvalue weighted by molar-refractivity contribution is 6.44. The Morgan fingerprint density at radius 3 is 2.21 bits per heavy atom. The van der Waals surface area contributed by atoms with Gasteiger partial charge < -0.3 is 11.5 Å². The molecule has 0 fully saturated rings. The largest absolute Gasteiger partial charge is 0.397 e. The Balaban J connectivity index is 3.17. The highest BCUT2D eigenvalue weighted by Gasteiger charge is 2.16. The molecule has 0 aromatic heterocycles. The Kier molecular flexibility index (Phi) is 3.65. The third-order valence-electron chi connectivity index (χ3n) is 2.22. The van der Waals surface area contributed by atoms with Crippen LogP contribution in [0.3, 0.4) is 0 Å². The average molecular weight is 233 g/mol. The molecule has 1 rings (SSSR count). The molecule has 0 aliphatic heterocycles. The Morgan fingerprint density at radius 1 is 1.14 bits per heavy atom. The van der Waals surface area contributed by atoms with E-state index in [0.717, 1.165) is 5.56 Å².